The molecule has 0 aromatic carbocycles. The van der Waals surface area contributed by atoms with Gasteiger partial charge < -0.3 is 35.7 Å². The second kappa shape index (κ2) is 8.29. The summed E-state index contributed by atoms with van der Waals surface area (Å²) in [5.41, 5.74) is 0.162. The van der Waals surface area contributed by atoms with E-state index in [4.69, 9.17) is 10.2 Å². The summed E-state index contributed by atoms with van der Waals surface area (Å²) in [6.07, 6.45) is -5.01. The minimum Gasteiger partial charge on any atom is -0.394 e. The second-order valence-electron chi connectivity index (χ2n) is 4.64. The van der Waals surface area contributed by atoms with Crippen molar-refractivity contribution in [2.24, 2.45) is 0 Å². The summed E-state index contributed by atoms with van der Waals surface area (Å²) in [4.78, 5) is 7.73. The van der Waals surface area contributed by atoms with Crippen LogP contribution in [0, 0.1) is 0 Å². The lowest BCUT2D eigenvalue weighted by atomic mass is 10.1. The van der Waals surface area contributed by atoms with E-state index >= 15 is 0 Å². The minimum atomic E-state index is -1.65. The summed E-state index contributed by atoms with van der Waals surface area (Å²) >= 11 is 0. The monoisotopic (exact) mass is 304 g/mol. The minimum absolute atomic E-state index is 0.0572. The first-order valence-electron chi connectivity index (χ1n) is 6.33. The highest BCUT2D eigenvalue weighted by molar-refractivity contribution is 5.09. The first-order chi connectivity index (χ1) is 9.90. The molecule has 1 aromatic heterocycles. The van der Waals surface area contributed by atoms with Crippen molar-refractivity contribution < 1.29 is 35.7 Å². The van der Waals surface area contributed by atoms with E-state index in [-0.39, 0.29) is 17.8 Å². The predicted molar refractivity (Wildman–Crippen MR) is 68.9 cm³/mol. The summed E-state index contributed by atoms with van der Waals surface area (Å²) in [5, 5.41) is 65.0. The molecule has 7 N–H and O–H groups in total. The molecule has 1 rings (SSSR count). The zero-order valence-electron chi connectivity index (χ0n) is 11.2. The van der Waals surface area contributed by atoms with Crippen LogP contribution in [0.1, 0.15) is 17.5 Å². The van der Waals surface area contributed by atoms with Gasteiger partial charge in [0.05, 0.1) is 36.9 Å². The molecule has 0 unspecified atom stereocenters. The number of nitrogens with zero attached hydrogens (tertiary/aromatic N) is 2. The molecule has 0 aliphatic carbocycles. The zero-order valence-corrected chi connectivity index (χ0v) is 11.2. The summed E-state index contributed by atoms with van der Waals surface area (Å²) in [5.74, 6) is 0. The molecule has 0 bridgehead atoms. The van der Waals surface area contributed by atoms with Crippen LogP contribution in [0.4, 0.5) is 0 Å². The molecule has 0 aliphatic heterocycles. The first-order valence-corrected chi connectivity index (χ1v) is 6.33. The van der Waals surface area contributed by atoms with Crippen molar-refractivity contribution in [3.05, 3.63) is 23.8 Å². The van der Waals surface area contributed by atoms with Crippen molar-refractivity contribution in [1.29, 1.82) is 0 Å². The highest BCUT2D eigenvalue weighted by Gasteiger charge is 2.27. The quantitative estimate of drug-likeness (QED) is 0.257. The number of aliphatic hydroxyl groups excluding tert-OH is 7. The lowest BCUT2D eigenvalue weighted by molar-refractivity contribution is -0.0791. The largest absolute Gasteiger partial charge is 0.394 e. The van der Waals surface area contributed by atoms with E-state index in [2.05, 4.69) is 9.97 Å². The van der Waals surface area contributed by atoms with E-state index in [0.717, 1.165) is 6.20 Å². The number of aromatic nitrogens is 2. The van der Waals surface area contributed by atoms with Gasteiger partial charge in [0, 0.05) is 12.6 Å². The smallest absolute Gasteiger partial charge is 0.126 e. The Morgan fingerprint density at radius 2 is 1.48 bits per heavy atom. The van der Waals surface area contributed by atoms with Crippen LogP contribution >= 0.6 is 0 Å². The normalized spacial score (nSPS) is 18.8. The van der Waals surface area contributed by atoms with Gasteiger partial charge in [0.1, 0.15) is 24.4 Å². The number of hydrogen-bond donors (Lipinski definition) is 7. The van der Waals surface area contributed by atoms with E-state index in [1.807, 2.05) is 0 Å². The molecule has 5 atom stereocenters. The molecule has 0 aliphatic rings. The summed E-state index contributed by atoms with van der Waals surface area (Å²) in [6, 6.07) is 0. The molecule has 0 amide bonds. The maximum Gasteiger partial charge on any atom is 0.126 e. The molecular formula is C12H20N2O7. The van der Waals surface area contributed by atoms with Gasteiger partial charge in [-0.1, -0.05) is 0 Å². The summed E-state index contributed by atoms with van der Waals surface area (Å²) < 4.78 is 0. The van der Waals surface area contributed by atoms with Gasteiger partial charge in [-0.3, -0.25) is 9.97 Å². The van der Waals surface area contributed by atoms with Gasteiger partial charge in [-0.25, -0.2) is 0 Å². The van der Waals surface area contributed by atoms with Gasteiger partial charge in [0.15, 0.2) is 0 Å². The molecular weight excluding hydrogens is 284 g/mol. The van der Waals surface area contributed by atoms with Crippen LogP contribution in [0.5, 0.6) is 0 Å². The van der Waals surface area contributed by atoms with E-state index in [0.29, 0.717) is 0 Å². The van der Waals surface area contributed by atoms with E-state index in [1.54, 1.807) is 0 Å². The number of hydrogen-bond acceptors (Lipinski definition) is 9. The zero-order chi connectivity index (χ0) is 16.0. The fourth-order valence-electron chi connectivity index (χ4n) is 1.63. The van der Waals surface area contributed by atoms with Crippen molar-refractivity contribution in [1.82, 2.24) is 9.97 Å². The molecule has 0 saturated carbocycles. The van der Waals surface area contributed by atoms with Crippen molar-refractivity contribution in [2.75, 3.05) is 13.2 Å². The summed E-state index contributed by atoms with van der Waals surface area (Å²) in [6.45, 7) is -1.34. The third-order valence-electron chi connectivity index (χ3n) is 2.96. The Bertz CT molecular complexity index is 434. The fourth-order valence-corrected chi connectivity index (χ4v) is 1.63. The van der Waals surface area contributed by atoms with E-state index in [1.165, 1.54) is 6.20 Å². The number of rotatable bonds is 8. The van der Waals surface area contributed by atoms with Gasteiger partial charge in [0.25, 0.3) is 0 Å². The maximum atomic E-state index is 9.83. The van der Waals surface area contributed by atoms with Crippen molar-refractivity contribution in [3.8, 4) is 0 Å². The molecule has 0 saturated heterocycles. The Labute approximate surface area is 120 Å². The van der Waals surface area contributed by atoms with Crippen molar-refractivity contribution >= 4 is 0 Å². The fraction of sp³-hybridized carbons (Fsp3) is 0.667. The Morgan fingerprint density at radius 1 is 0.857 bits per heavy atom. The van der Waals surface area contributed by atoms with Crippen LogP contribution in [0.15, 0.2) is 12.4 Å². The maximum absolute atomic E-state index is 9.83. The average Bonchev–Trinajstić information content (AvgIpc) is 2.51. The topological polar surface area (TPSA) is 167 Å². The Balaban J connectivity index is 2.80. The molecule has 21 heavy (non-hydrogen) atoms. The third kappa shape index (κ3) is 4.93. The van der Waals surface area contributed by atoms with Crippen LogP contribution in [-0.4, -0.2) is 83.3 Å². The van der Waals surface area contributed by atoms with Crippen LogP contribution in [-0.2, 0) is 6.42 Å². The van der Waals surface area contributed by atoms with Gasteiger partial charge >= 0.3 is 0 Å². The predicted octanol–water partition coefficient (Wildman–Crippen LogP) is -3.52. The second-order valence-corrected chi connectivity index (χ2v) is 4.64. The SMILES string of the molecule is OC[C@@H](O)[C@@H](O)[C@H](O)c1cncc(C[C@@H](O)[C@H](O)CO)n1. The van der Waals surface area contributed by atoms with Crippen LogP contribution in [0.2, 0.25) is 0 Å². The Kier molecular flexibility index (Phi) is 7.05. The molecule has 0 spiro atoms. The molecule has 1 aromatic rings. The lowest BCUT2D eigenvalue weighted by Crippen LogP contribution is -2.35. The first kappa shape index (κ1) is 17.9. The van der Waals surface area contributed by atoms with Gasteiger partial charge in [0.2, 0.25) is 0 Å². The molecule has 0 fully saturated rings. The van der Waals surface area contributed by atoms with Gasteiger partial charge in [-0.05, 0) is 0 Å². The van der Waals surface area contributed by atoms with E-state index < -0.39 is 43.7 Å². The highest BCUT2D eigenvalue weighted by atomic mass is 16.4. The lowest BCUT2D eigenvalue weighted by Gasteiger charge is -2.21. The van der Waals surface area contributed by atoms with Gasteiger partial charge in [-0.2, -0.15) is 0 Å². The molecule has 9 heteroatoms. The summed E-state index contributed by atoms with van der Waals surface area (Å²) in [7, 11) is 0. The Hall–Kier alpha value is -1.20. The Morgan fingerprint density at radius 3 is 2.05 bits per heavy atom. The molecule has 9 nitrogen and oxygen atoms in total. The van der Waals surface area contributed by atoms with Crippen molar-refractivity contribution in [2.45, 2.75) is 36.9 Å². The molecule has 1 heterocycles. The van der Waals surface area contributed by atoms with Crippen LogP contribution in [0.25, 0.3) is 0 Å². The molecule has 120 valence electrons. The van der Waals surface area contributed by atoms with Crippen LogP contribution in [0.3, 0.4) is 0 Å². The third-order valence-corrected chi connectivity index (χ3v) is 2.96. The average molecular weight is 304 g/mol. The van der Waals surface area contributed by atoms with Gasteiger partial charge in [-0.15, -0.1) is 0 Å². The standard InChI is InChI=1S/C12H20N2O7/c15-4-9(18)8(17)1-6-2-13-3-7(14-6)11(20)12(21)10(19)5-16/h2-3,8-12,15-21H,1,4-5H2/t8-,9-,10-,11-,12-/m1/s1. The molecule has 0 radical (unpaired) electrons. The highest BCUT2D eigenvalue weighted by Crippen LogP contribution is 2.17. The van der Waals surface area contributed by atoms with E-state index in [9.17, 15) is 25.5 Å². The number of aliphatic hydroxyl groups is 7. The van der Waals surface area contributed by atoms with Crippen LogP contribution < -0.4 is 0 Å². The van der Waals surface area contributed by atoms with Crippen molar-refractivity contribution in [3.63, 3.8) is 0 Å².